The van der Waals surface area contributed by atoms with Gasteiger partial charge >= 0.3 is 0 Å². The summed E-state index contributed by atoms with van der Waals surface area (Å²) in [5.74, 6) is 0. The summed E-state index contributed by atoms with van der Waals surface area (Å²) in [6.07, 6.45) is 0. The fraction of sp³-hybridized carbons (Fsp3) is 0.125. The van der Waals surface area contributed by atoms with Gasteiger partial charge in [0.15, 0.2) is 0 Å². The van der Waals surface area contributed by atoms with Gasteiger partial charge in [-0.25, -0.2) is 0 Å². The first-order valence-electron chi connectivity index (χ1n) is 3.04. The van der Waals surface area contributed by atoms with Crippen molar-refractivity contribution in [1.82, 2.24) is 0 Å². The number of rotatable bonds is 1. The molecule has 1 atom stereocenters. The molecule has 0 saturated carbocycles. The zero-order valence-corrected chi connectivity index (χ0v) is 6.62. The van der Waals surface area contributed by atoms with Crippen LogP contribution >= 0.6 is 0 Å². The van der Waals surface area contributed by atoms with Gasteiger partial charge in [-0.1, -0.05) is 30.3 Å². The van der Waals surface area contributed by atoms with Gasteiger partial charge in [0.2, 0.25) is 0 Å². The lowest BCUT2D eigenvalue weighted by atomic mass is 10.1. The molecule has 1 aromatic rings. The van der Waals surface area contributed by atoms with E-state index in [1.54, 1.807) is 0 Å². The van der Waals surface area contributed by atoms with Crippen molar-refractivity contribution in [1.29, 1.82) is 5.26 Å². The van der Waals surface area contributed by atoms with Crippen LogP contribution in [-0.2, 0) is 0 Å². The van der Waals surface area contributed by atoms with Crippen molar-refractivity contribution in [2.45, 2.75) is 6.04 Å². The van der Waals surface area contributed by atoms with Gasteiger partial charge in [-0.2, -0.15) is 5.26 Å². The average Bonchev–Trinajstić information content (AvgIpc) is 2.05. The van der Waals surface area contributed by atoms with E-state index in [-0.39, 0.29) is 12.4 Å². The molecular weight excluding hydrogens is 160 g/mol. The second kappa shape index (κ2) is 4.73. The van der Waals surface area contributed by atoms with Crippen LogP contribution in [0.5, 0.6) is 0 Å². The van der Waals surface area contributed by atoms with Gasteiger partial charge in [-0.05, 0) is 5.56 Å². The molecule has 0 amide bonds. The summed E-state index contributed by atoms with van der Waals surface area (Å²) in [6, 6.07) is 10.8. The van der Waals surface area contributed by atoms with Crippen LogP contribution in [0.25, 0.3) is 0 Å². The summed E-state index contributed by atoms with van der Waals surface area (Å²) in [6.45, 7) is 0. The summed E-state index contributed by atoms with van der Waals surface area (Å²) < 4.78 is 0. The molecule has 2 nitrogen and oxygen atoms in total. The zero-order chi connectivity index (χ0) is 7.40. The molecule has 1 aromatic carbocycles. The summed E-state index contributed by atoms with van der Waals surface area (Å²) in [7, 11) is 0. The third-order valence-corrected chi connectivity index (χ3v) is 1.30. The molecule has 0 aromatic heterocycles. The van der Waals surface area contributed by atoms with E-state index >= 15 is 0 Å². The second-order valence-corrected chi connectivity index (χ2v) is 2.02. The summed E-state index contributed by atoms with van der Waals surface area (Å²) >= 11 is 0. The molecule has 0 aliphatic carbocycles. The van der Waals surface area contributed by atoms with Gasteiger partial charge in [0, 0.05) is 0 Å². The number of nitrogens with zero attached hydrogens (tertiary/aromatic N) is 1. The Morgan fingerprint density at radius 3 is 2.27 bits per heavy atom. The maximum atomic E-state index is 8.41. The quantitative estimate of drug-likeness (QED) is 0.538. The van der Waals surface area contributed by atoms with Gasteiger partial charge in [-0.15, -0.1) is 0 Å². The van der Waals surface area contributed by atoms with Gasteiger partial charge in [0.25, 0.3) is 0 Å². The smallest absolute Gasteiger partial charge is 0.118 e. The minimum atomic E-state index is -0.485. The molecule has 0 bridgehead atoms. The topological polar surface area (TPSA) is 49.8 Å². The summed E-state index contributed by atoms with van der Waals surface area (Å²) in [4.78, 5) is 0. The van der Waals surface area contributed by atoms with Gasteiger partial charge in [0.05, 0.1) is 6.07 Å². The molecule has 11 heavy (non-hydrogen) atoms. The highest BCUT2D eigenvalue weighted by molar-refractivity contribution is 5.22. The maximum Gasteiger partial charge on any atom is 0.118 e. The van der Waals surface area contributed by atoms with E-state index < -0.39 is 6.04 Å². The van der Waals surface area contributed by atoms with Crippen LogP contribution in [0.1, 0.15) is 11.6 Å². The molecule has 1 unspecified atom stereocenters. The highest BCUT2D eigenvalue weighted by Crippen LogP contribution is 2.06. The van der Waals surface area contributed by atoms with Crippen LogP contribution in [0.2, 0.25) is 0 Å². The molecule has 0 aliphatic rings. The first-order valence-corrected chi connectivity index (χ1v) is 3.04. The molecule has 0 fully saturated rings. The number of nitriles is 1. The third-order valence-electron chi connectivity index (χ3n) is 1.30. The Morgan fingerprint density at radius 2 is 1.82 bits per heavy atom. The Hall–Kier alpha value is -1.04. The fourth-order valence-corrected chi connectivity index (χ4v) is 0.735. The van der Waals surface area contributed by atoms with E-state index in [1.165, 1.54) is 0 Å². The minimum absolute atomic E-state index is 0. The molecule has 3 heteroatoms. The molecule has 0 saturated heterocycles. The Balaban J connectivity index is 0.000001000. The number of halogens is 1. The fourth-order valence-electron chi connectivity index (χ4n) is 0.735. The summed E-state index contributed by atoms with van der Waals surface area (Å²) in [5, 5.41) is 8.41. The standard InChI is InChI=1S/C8H8N2.ClH/c9-6-8(10)7-4-2-1-3-5-7;/h1-5,8H,10H2;1H/p-1. The van der Waals surface area contributed by atoms with Crippen molar-refractivity contribution in [2.75, 3.05) is 0 Å². The van der Waals surface area contributed by atoms with Crippen molar-refractivity contribution in [3.05, 3.63) is 35.9 Å². The first kappa shape index (κ1) is 9.96. The van der Waals surface area contributed by atoms with E-state index in [0.29, 0.717) is 0 Å². The second-order valence-electron chi connectivity index (χ2n) is 2.02. The van der Waals surface area contributed by atoms with E-state index in [2.05, 4.69) is 0 Å². The van der Waals surface area contributed by atoms with E-state index in [1.807, 2.05) is 36.4 Å². The number of hydrogen-bond acceptors (Lipinski definition) is 2. The minimum Gasteiger partial charge on any atom is -1.00 e. The lowest BCUT2D eigenvalue weighted by molar-refractivity contribution is -0.00000236. The predicted molar refractivity (Wildman–Crippen MR) is 39.0 cm³/mol. The number of benzene rings is 1. The monoisotopic (exact) mass is 167 g/mol. The number of nitrogens with two attached hydrogens (primary N) is 1. The summed E-state index contributed by atoms with van der Waals surface area (Å²) in [5.41, 5.74) is 6.30. The molecule has 1 rings (SSSR count). The SMILES string of the molecule is N#CC(N)c1ccccc1.[Cl-]. The Morgan fingerprint density at radius 1 is 1.27 bits per heavy atom. The van der Waals surface area contributed by atoms with E-state index in [4.69, 9.17) is 11.0 Å². The molecular formula is C8H8ClN2-. The molecule has 0 aliphatic heterocycles. The van der Waals surface area contributed by atoms with Crippen LogP contribution in [0.15, 0.2) is 30.3 Å². The van der Waals surface area contributed by atoms with Gasteiger partial charge in [-0.3, -0.25) is 0 Å². The van der Waals surface area contributed by atoms with E-state index in [9.17, 15) is 0 Å². The van der Waals surface area contributed by atoms with Crippen molar-refractivity contribution >= 4 is 0 Å². The average molecular weight is 168 g/mol. The highest BCUT2D eigenvalue weighted by Gasteiger charge is 1.99. The largest absolute Gasteiger partial charge is 1.00 e. The van der Waals surface area contributed by atoms with Gasteiger partial charge in [0.1, 0.15) is 6.04 Å². The van der Waals surface area contributed by atoms with Crippen LogP contribution < -0.4 is 18.1 Å². The third kappa shape index (κ3) is 2.58. The van der Waals surface area contributed by atoms with Crippen molar-refractivity contribution in [3.63, 3.8) is 0 Å². The van der Waals surface area contributed by atoms with Crippen LogP contribution in [-0.4, -0.2) is 0 Å². The van der Waals surface area contributed by atoms with E-state index in [0.717, 1.165) is 5.56 Å². The Kier molecular flexibility index (Phi) is 4.28. The predicted octanol–water partition coefficient (Wildman–Crippen LogP) is -1.79. The molecule has 0 radical (unpaired) electrons. The number of hydrogen-bond donors (Lipinski definition) is 1. The first-order chi connectivity index (χ1) is 4.84. The van der Waals surface area contributed by atoms with Crippen molar-refractivity contribution < 1.29 is 12.4 Å². The van der Waals surface area contributed by atoms with Crippen molar-refractivity contribution in [2.24, 2.45) is 5.73 Å². The lowest BCUT2D eigenvalue weighted by Crippen LogP contribution is -3.00. The van der Waals surface area contributed by atoms with Crippen molar-refractivity contribution in [3.8, 4) is 6.07 Å². The Labute approximate surface area is 72.0 Å². The van der Waals surface area contributed by atoms with Crippen LogP contribution in [0.3, 0.4) is 0 Å². The van der Waals surface area contributed by atoms with Crippen LogP contribution in [0.4, 0.5) is 0 Å². The zero-order valence-electron chi connectivity index (χ0n) is 5.87. The highest BCUT2D eigenvalue weighted by atomic mass is 35.5. The molecule has 58 valence electrons. The molecule has 2 N–H and O–H groups in total. The molecule has 0 heterocycles. The molecule has 0 spiro atoms. The normalized spacial score (nSPS) is 10.9. The lowest BCUT2D eigenvalue weighted by Gasteiger charge is -1.99. The van der Waals surface area contributed by atoms with Crippen LogP contribution in [0, 0.1) is 11.3 Å². The maximum absolute atomic E-state index is 8.41. The van der Waals surface area contributed by atoms with Gasteiger partial charge < -0.3 is 18.1 Å². The Bertz CT molecular complexity index is 240.